The van der Waals surface area contributed by atoms with E-state index < -0.39 is 7.37 Å². The van der Waals surface area contributed by atoms with E-state index in [1.165, 1.54) is 0 Å². The van der Waals surface area contributed by atoms with Crippen LogP contribution in [0.5, 0.6) is 0 Å². The predicted molar refractivity (Wildman–Crippen MR) is 49.4 cm³/mol. The van der Waals surface area contributed by atoms with Gasteiger partial charge in [-0.05, 0) is 13.8 Å². The fourth-order valence-corrected chi connectivity index (χ4v) is 2.48. The highest BCUT2D eigenvalue weighted by atomic mass is 31.2. The molecule has 0 heterocycles. The van der Waals surface area contributed by atoms with E-state index in [1.807, 2.05) is 20.8 Å². The molecule has 0 spiro atoms. The summed E-state index contributed by atoms with van der Waals surface area (Å²) in [6.07, 6.45) is 2.78. The molecule has 0 aliphatic carbocycles. The lowest BCUT2D eigenvalue weighted by Gasteiger charge is -2.17. The first-order valence-corrected chi connectivity index (χ1v) is 5.91. The highest BCUT2D eigenvalue weighted by Crippen LogP contribution is 2.47. The molecule has 0 amide bonds. The minimum absolute atomic E-state index is 0.0423. The second kappa shape index (κ2) is 4.74. The third-order valence-corrected chi connectivity index (χ3v) is 3.88. The Bertz CT molecular complexity index is 163. The molecule has 0 rings (SSSR count). The Morgan fingerprint density at radius 2 is 2.18 bits per heavy atom. The molecule has 66 valence electrons. The third kappa shape index (κ3) is 4.39. The molecular formula is C8H17O2P. The fourth-order valence-electron chi connectivity index (χ4n) is 0.828. The van der Waals surface area contributed by atoms with Crippen LogP contribution in [0.4, 0.5) is 0 Å². The van der Waals surface area contributed by atoms with Crippen molar-refractivity contribution in [3.8, 4) is 0 Å². The third-order valence-electron chi connectivity index (χ3n) is 1.29. The Morgan fingerprint density at radius 1 is 1.64 bits per heavy atom. The van der Waals surface area contributed by atoms with Gasteiger partial charge in [-0.15, -0.1) is 6.58 Å². The molecule has 0 radical (unpaired) electrons. The number of allylic oxidation sites excluding steroid dienone is 1. The maximum Gasteiger partial charge on any atom is 0.206 e. The average molecular weight is 176 g/mol. The van der Waals surface area contributed by atoms with E-state index >= 15 is 0 Å². The zero-order valence-electron chi connectivity index (χ0n) is 7.54. The van der Waals surface area contributed by atoms with Crippen molar-refractivity contribution in [2.24, 2.45) is 0 Å². The number of hydrogen-bond donors (Lipinski definition) is 0. The second-order valence-electron chi connectivity index (χ2n) is 2.76. The Labute approximate surface area is 69.1 Å². The molecule has 0 aromatic carbocycles. The van der Waals surface area contributed by atoms with Gasteiger partial charge in [0.05, 0.1) is 6.10 Å². The molecule has 11 heavy (non-hydrogen) atoms. The van der Waals surface area contributed by atoms with E-state index in [1.54, 1.807) is 6.08 Å². The summed E-state index contributed by atoms with van der Waals surface area (Å²) in [7, 11) is -2.37. The van der Waals surface area contributed by atoms with Gasteiger partial charge in [0.25, 0.3) is 0 Å². The van der Waals surface area contributed by atoms with Gasteiger partial charge in [0, 0.05) is 12.3 Å². The van der Waals surface area contributed by atoms with Crippen LogP contribution in [0.1, 0.15) is 20.8 Å². The summed E-state index contributed by atoms with van der Waals surface area (Å²) in [5.41, 5.74) is 0. The molecule has 0 aromatic rings. The maximum atomic E-state index is 11.7. The van der Waals surface area contributed by atoms with E-state index in [0.29, 0.717) is 12.3 Å². The molecule has 0 fully saturated rings. The van der Waals surface area contributed by atoms with Crippen LogP contribution in [-0.2, 0) is 9.09 Å². The van der Waals surface area contributed by atoms with E-state index in [4.69, 9.17) is 4.52 Å². The van der Waals surface area contributed by atoms with Gasteiger partial charge < -0.3 is 4.52 Å². The van der Waals surface area contributed by atoms with Crippen molar-refractivity contribution in [2.45, 2.75) is 26.9 Å². The zero-order chi connectivity index (χ0) is 8.91. The van der Waals surface area contributed by atoms with Gasteiger partial charge in [0.1, 0.15) is 0 Å². The number of hydrogen-bond acceptors (Lipinski definition) is 2. The summed E-state index contributed by atoms with van der Waals surface area (Å²) in [6, 6.07) is 0. The van der Waals surface area contributed by atoms with Gasteiger partial charge in [-0.1, -0.05) is 13.0 Å². The number of rotatable bonds is 5. The van der Waals surface area contributed by atoms with Gasteiger partial charge in [0.15, 0.2) is 0 Å². The lowest BCUT2D eigenvalue weighted by atomic mass is 10.5. The monoisotopic (exact) mass is 176 g/mol. The molecule has 0 aromatic heterocycles. The smallest absolute Gasteiger partial charge is 0.206 e. The molecule has 1 atom stereocenters. The SMILES string of the molecule is C=CCP(=O)(CC)OC(C)C. The van der Waals surface area contributed by atoms with Gasteiger partial charge in [-0.3, -0.25) is 4.57 Å². The van der Waals surface area contributed by atoms with Crippen LogP contribution in [0.2, 0.25) is 0 Å². The Balaban J connectivity index is 4.10. The van der Waals surface area contributed by atoms with Crippen molar-refractivity contribution >= 4 is 7.37 Å². The van der Waals surface area contributed by atoms with Crippen LogP contribution in [0.25, 0.3) is 0 Å². The van der Waals surface area contributed by atoms with Crippen molar-refractivity contribution in [1.82, 2.24) is 0 Å². The van der Waals surface area contributed by atoms with Crippen LogP contribution in [0, 0.1) is 0 Å². The van der Waals surface area contributed by atoms with Crippen LogP contribution < -0.4 is 0 Å². The Hall–Kier alpha value is -0.0700. The van der Waals surface area contributed by atoms with E-state index in [0.717, 1.165) is 0 Å². The van der Waals surface area contributed by atoms with Gasteiger partial charge in [0.2, 0.25) is 7.37 Å². The maximum absolute atomic E-state index is 11.7. The highest BCUT2D eigenvalue weighted by molar-refractivity contribution is 7.59. The van der Waals surface area contributed by atoms with Crippen LogP contribution in [-0.4, -0.2) is 18.4 Å². The molecule has 0 saturated heterocycles. The normalized spacial score (nSPS) is 16.4. The predicted octanol–water partition coefficient (Wildman–Crippen LogP) is 2.90. The summed E-state index contributed by atoms with van der Waals surface area (Å²) in [6.45, 7) is 9.22. The Morgan fingerprint density at radius 3 is 2.45 bits per heavy atom. The van der Waals surface area contributed by atoms with Crippen molar-refractivity contribution in [1.29, 1.82) is 0 Å². The molecular weight excluding hydrogens is 159 g/mol. The highest BCUT2D eigenvalue weighted by Gasteiger charge is 2.19. The van der Waals surface area contributed by atoms with Crippen LogP contribution >= 0.6 is 7.37 Å². The summed E-state index contributed by atoms with van der Waals surface area (Å²) in [5, 5.41) is 0. The van der Waals surface area contributed by atoms with Gasteiger partial charge in [-0.25, -0.2) is 0 Å². The van der Waals surface area contributed by atoms with E-state index in [9.17, 15) is 4.57 Å². The molecule has 0 bridgehead atoms. The molecule has 0 N–H and O–H groups in total. The van der Waals surface area contributed by atoms with Gasteiger partial charge in [-0.2, -0.15) is 0 Å². The van der Waals surface area contributed by atoms with Crippen molar-refractivity contribution in [3.63, 3.8) is 0 Å². The first-order chi connectivity index (χ1) is 5.04. The van der Waals surface area contributed by atoms with Crippen molar-refractivity contribution in [3.05, 3.63) is 12.7 Å². The molecule has 0 aliphatic rings. The molecule has 0 saturated carbocycles. The van der Waals surface area contributed by atoms with Crippen molar-refractivity contribution in [2.75, 3.05) is 12.3 Å². The van der Waals surface area contributed by atoms with E-state index in [2.05, 4.69) is 6.58 Å². The molecule has 0 aliphatic heterocycles. The van der Waals surface area contributed by atoms with Crippen LogP contribution in [0.3, 0.4) is 0 Å². The first kappa shape index (κ1) is 10.9. The average Bonchev–Trinajstić information content (AvgIpc) is 1.87. The van der Waals surface area contributed by atoms with Crippen LogP contribution in [0.15, 0.2) is 12.7 Å². The van der Waals surface area contributed by atoms with Crippen molar-refractivity contribution < 1.29 is 9.09 Å². The minimum atomic E-state index is -2.37. The molecule has 3 heteroatoms. The second-order valence-corrected chi connectivity index (χ2v) is 5.59. The zero-order valence-corrected chi connectivity index (χ0v) is 8.43. The summed E-state index contributed by atoms with van der Waals surface area (Å²) < 4.78 is 17.0. The fraction of sp³-hybridized carbons (Fsp3) is 0.750. The lowest BCUT2D eigenvalue weighted by molar-refractivity contribution is 0.245. The summed E-state index contributed by atoms with van der Waals surface area (Å²) >= 11 is 0. The summed E-state index contributed by atoms with van der Waals surface area (Å²) in [5.74, 6) is 0. The summed E-state index contributed by atoms with van der Waals surface area (Å²) in [4.78, 5) is 0. The first-order valence-electron chi connectivity index (χ1n) is 3.91. The van der Waals surface area contributed by atoms with Gasteiger partial charge >= 0.3 is 0 Å². The van der Waals surface area contributed by atoms with E-state index in [-0.39, 0.29) is 6.10 Å². The standard InChI is InChI=1S/C8H17O2P/c1-5-7-11(9,6-2)10-8(3)4/h5,8H,1,6-7H2,2-4H3. The quantitative estimate of drug-likeness (QED) is 0.475. The Kier molecular flexibility index (Phi) is 4.71. The largest absolute Gasteiger partial charge is 0.325 e. The topological polar surface area (TPSA) is 26.3 Å². The minimum Gasteiger partial charge on any atom is -0.325 e. The molecule has 1 unspecified atom stereocenters. The lowest BCUT2D eigenvalue weighted by Crippen LogP contribution is -2.03. The molecule has 2 nitrogen and oxygen atoms in total.